The largest absolute Gasteiger partial charge is 0.416 e. The molecular weight excluding hydrogens is 421 g/mol. The summed E-state index contributed by atoms with van der Waals surface area (Å²) in [5.41, 5.74) is 1.65. The molecule has 0 saturated carbocycles. The van der Waals surface area contributed by atoms with Crippen molar-refractivity contribution < 1.29 is 26.4 Å². The molecule has 1 fully saturated rings. The van der Waals surface area contributed by atoms with Gasteiger partial charge in [-0.2, -0.15) is 22.6 Å². The second-order valence-electron chi connectivity index (χ2n) is 7.26. The Kier molecular flexibility index (Phi) is 5.96. The van der Waals surface area contributed by atoms with E-state index in [9.17, 15) is 26.4 Å². The predicted octanol–water partition coefficient (Wildman–Crippen LogP) is 2.13. The van der Waals surface area contributed by atoms with Crippen LogP contribution in [0.5, 0.6) is 0 Å². The molecule has 0 aliphatic carbocycles. The number of rotatable bonds is 4. The van der Waals surface area contributed by atoms with Crippen LogP contribution in [0.1, 0.15) is 22.5 Å². The normalized spacial score (nSPS) is 16.1. The Hall–Kier alpha value is -2.40. The van der Waals surface area contributed by atoms with Crippen LogP contribution >= 0.6 is 0 Å². The highest BCUT2D eigenvalue weighted by Gasteiger charge is 2.33. The van der Waals surface area contributed by atoms with Crippen LogP contribution in [0.4, 0.5) is 13.2 Å². The van der Waals surface area contributed by atoms with E-state index >= 15 is 0 Å². The average molecular weight is 444 g/mol. The van der Waals surface area contributed by atoms with Crippen LogP contribution in [0.2, 0.25) is 0 Å². The maximum Gasteiger partial charge on any atom is 0.416 e. The highest BCUT2D eigenvalue weighted by molar-refractivity contribution is 7.89. The summed E-state index contributed by atoms with van der Waals surface area (Å²) in [6.07, 6.45) is -4.34. The van der Waals surface area contributed by atoms with Crippen LogP contribution in [0.15, 0.2) is 29.2 Å². The van der Waals surface area contributed by atoms with E-state index in [2.05, 4.69) is 5.10 Å². The number of alkyl halides is 3. The molecule has 7 nitrogen and oxygen atoms in total. The summed E-state index contributed by atoms with van der Waals surface area (Å²) in [6, 6.07) is 3.43. The molecule has 1 saturated heterocycles. The van der Waals surface area contributed by atoms with Crippen LogP contribution in [0.25, 0.3) is 0 Å². The van der Waals surface area contributed by atoms with Crippen molar-refractivity contribution in [3.8, 4) is 0 Å². The maximum atomic E-state index is 12.7. The smallest absolute Gasteiger partial charge is 0.340 e. The number of piperazine rings is 1. The van der Waals surface area contributed by atoms with Crippen molar-refractivity contribution in [3.63, 3.8) is 0 Å². The Morgan fingerprint density at radius 3 is 2.10 bits per heavy atom. The lowest BCUT2D eigenvalue weighted by Crippen LogP contribution is -2.50. The predicted molar refractivity (Wildman–Crippen MR) is 103 cm³/mol. The number of amides is 1. The van der Waals surface area contributed by atoms with Gasteiger partial charge in [0.25, 0.3) is 0 Å². The first-order chi connectivity index (χ1) is 13.9. The number of carbonyl (C=O) groups is 1. The molecule has 0 bridgehead atoms. The van der Waals surface area contributed by atoms with Gasteiger partial charge in [0.15, 0.2) is 0 Å². The van der Waals surface area contributed by atoms with E-state index in [1.807, 2.05) is 13.8 Å². The molecule has 2 heterocycles. The van der Waals surface area contributed by atoms with E-state index < -0.39 is 21.8 Å². The molecule has 11 heteroatoms. The second-order valence-corrected chi connectivity index (χ2v) is 9.19. The molecule has 1 amide bonds. The van der Waals surface area contributed by atoms with Crippen molar-refractivity contribution in [3.05, 3.63) is 46.8 Å². The molecule has 0 unspecified atom stereocenters. The van der Waals surface area contributed by atoms with Gasteiger partial charge in [-0.25, -0.2) is 8.42 Å². The van der Waals surface area contributed by atoms with E-state index in [1.165, 1.54) is 4.31 Å². The number of nitrogens with zero attached hydrogens (tertiary/aromatic N) is 4. The minimum atomic E-state index is -4.53. The first kappa shape index (κ1) is 22.3. The average Bonchev–Trinajstić information content (AvgIpc) is 2.93. The summed E-state index contributed by atoms with van der Waals surface area (Å²) in [5.74, 6) is -0.110. The van der Waals surface area contributed by atoms with Crippen LogP contribution in [0.3, 0.4) is 0 Å². The fraction of sp³-hybridized carbons (Fsp3) is 0.474. The van der Waals surface area contributed by atoms with Gasteiger partial charge in [-0.1, -0.05) is 0 Å². The summed E-state index contributed by atoms with van der Waals surface area (Å²) in [6.45, 7) is 4.33. The summed E-state index contributed by atoms with van der Waals surface area (Å²) in [7, 11) is -2.12. The lowest BCUT2D eigenvalue weighted by molar-refractivity contribution is -0.137. The molecule has 30 heavy (non-hydrogen) atoms. The van der Waals surface area contributed by atoms with Crippen LogP contribution in [-0.2, 0) is 34.5 Å². The molecule has 3 rings (SSSR count). The first-order valence-electron chi connectivity index (χ1n) is 9.35. The number of sulfonamides is 1. The van der Waals surface area contributed by atoms with Gasteiger partial charge in [0.05, 0.1) is 22.6 Å². The second kappa shape index (κ2) is 8.03. The summed E-state index contributed by atoms with van der Waals surface area (Å²) in [5, 5.41) is 4.30. The van der Waals surface area contributed by atoms with Crippen molar-refractivity contribution in [1.82, 2.24) is 19.0 Å². The molecule has 164 valence electrons. The van der Waals surface area contributed by atoms with Gasteiger partial charge in [-0.15, -0.1) is 0 Å². The lowest BCUT2D eigenvalue weighted by atomic mass is 10.1. The van der Waals surface area contributed by atoms with E-state index in [0.717, 1.165) is 41.2 Å². The van der Waals surface area contributed by atoms with Gasteiger partial charge in [0, 0.05) is 44.5 Å². The Labute approximate surface area is 173 Å². The molecule has 1 aromatic carbocycles. The van der Waals surface area contributed by atoms with Crippen LogP contribution in [-0.4, -0.2) is 59.5 Å². The molecule has 1 aromatic heterocycles. The topological polar surface area (TPSA) is 75.5 Å². The van der Waals surface area contributed by atoms with Gasteiger partial charge < -0.3 is 4.90 Å². The van der Waals surface area contributed by atoms with Crippen molar-refractivity contribution >= 4 is 15.9 Å². The zero-order valence-corrected chi connectivity index (χ0v) is 17.7. The Morgan fingerprint density at radius 2 is 1.63 bits per heavy atom. The molecule has 0 radical (unpaired) electrons. The monoisotopic (exact) mass is 444 g/mol. The van der Waals surface area contributed by atoms with Gasteiger partial charge in [-0.05, 0) is 38.1 Å². The van der Waals surface area contributed by atoms with Gasteiger partial charge in [-0.3, -0.25) is 9.48 Å². The number of halogens is 3. The van der Waals surface area contributed by atoms with Crippen LogP contribution < -0.4 is 0 Å². The van der Waals surface area contributed by atoms with Crippen molar-refractivity contribution in [2.75, 3.05) is 26.2 Å². The number of carbonyl (C=O) groups excluding carboxylic acids is 1. The standard InChI is InChI=1S/C19H23F3N4O3S/c1-13-17(14(2)24(3)23-13)12-18(27)25-8-10-26(11-9-25)30(28,29)16-6-4-15(5-7-16)19(20,21)22/h4-7H,8-12H2,1-3H3. The van der Waals surface area contributed by atoms with Gasteiger partial charge in [0.1, 0.15) is 0 Å². The maximum absolute atomic E-state index is 12.7. The third-order valence-electron chi connectivity index (χ3n) is 5.40. The highest BCUT2D eigenvalue weighted by Crippen LogP contribution is 2.30. The van der Waals surface area contributed by atoms with Crippen molar-refractivity contribution in [2.24, 2.45) is 7.05 Å². The number of aromatic nitrogens is 2. The fourth-order valence-electron chi connectivity index (χ4n) is 3.48. The van der Waals surface area contributed by atoms with Crippen LogP contribution in [0, 0.1) is 13.8 Å². The lowest BCUT2D eigenvalue weighted by Gasteiger charge is -2.34. The summed E-state index contributed by atoms with van der Waals surface area (Å²) < 4.78 is 66.5. The Balaban J connectivity index is 1.65. The molecule has 0 N–H and O–H groups in total. The summed E-state index contributed by atoms with van der Waals surface area (Å²) >= 11 is 0. The quantitative estimate of drug-likeness (QED) is 0.724. The number of hydrogen-bond acceptors (Lipinski definition) is 4. The van der Waals surface area contributed by atoms with Crippen molar-refractivity contribution in [2.45, 2.75) is 31.3 Å². The highest BCUT2D eigenvalue weighted by atomic mass is 32.2. The number of benzene rings is 1. The number of aryl methyl sites for hydroxylation is 2. The zero-order chi connectivity index (χ0) is 22.3. The third kappa shape index (κ3) is 4.36. The molecule has 2 aromatic rings. The fourth-order valence-corrected chi connectivity index (χ4v) is 4.90. The Bertz CT molecular complexity index is 1040. The molecular formula is C19H23F3N4O3S. The van der Waals surface area contributed by atoms with Gasteiger partial charge in [0.2, 0.25) is 15.9 Å². The zero-order valence-electron chi connectivity index (χ0n) is 16.9. The van der Waals surface area contributed by atoms with E-state index in [0.29, 0.717) is 0 Å². The minimum absolute atomic E-state index is 0.0834. The van der Waals surface area contributed by atoms with Gasteiger partial charge >= 0.3 is 6.18 Å². The number of hydrogen-bond donors (Lipinski definition) is 0. The van der Waals surface area contributed by atoms with E-state index in [1.54, 1.807) is 16.6 Å². The van der Waals surface area contributed by atoms with Crippen molar-refractivity contribution in [1.29, 1.82) is 0 Å². The summed E-state index contributed by atoms with van der Waals surface area (Å²) in [4.78, 5) is 14.1. The van der Waals surface area contributed by atoms with E-state index in [4.69, 9.17) is 0 Å². The molecule has 0 atom stereocenters. The minimum Gasteiger partial charge on any atom is -0.340 e. The molecule has 1 aliphatic heterocycles. The SMILES string of the molecule is Cc1nn(C)c(C)c1CC(=O)N1CCN(S(=O)(=O)c2ccc(C(F)(F)F)cc2)CC1. The Morgan fingerprint density at radius 1 is 1.07 bits per heavy atom. The molecule has 0 spiro atoms. The molecule has 1 aliphatic rings. The third-order valence-corrected chi connectivity index (χ3v) is 7.31. The van der Waals surface area contributed by atoms with E-state index in [-0.39, 0.29) is 43.4 Å². The first-order valence-corrected chi connectivity index (χ1v) is 10.8.